The lowest BCUT2D eigenvalue weighted by atomic mass is 10.1. The van der Waals surface area contributed by atoms with E-state index in [4.69, 9.17) is 0 Å². The Bertz CT molecular complexity index is 669. The Morgan fingerprint density at radius 1 is 1.45 bits per heavy atom. The third-order valence-electron chi connectivity index (χ3n) is 4.11. The summed E-state index contributed by atoms with van der Waals surface area (Å²) in [6.07, 6.45) is 1.25. The first-order valence-electron chi connectivity index (χ1n) is 6.90. The van der Waals surface area contributed by atoms with Gasteiger partial charge in [0.15, 0.2) is 0 Å². The van der Waals surface area contributed by atoms with Crippen LogP contribution in [0.15, 0.2) is 30.3 Å². The lowest BCUT2D eigenvalue weighted by molar-refractivity contribution is 0.0699. The molecule has 0 spiro atoms. The number of carboxylic acid groups (broad SMARTS) is 1. The third kappa shape index (κ3) is 2.33. The quantitative estimate of drug-likeness (QED) is 0.927. The van der Waals surface area contributed by atoms with E-state index in [1.807, 2.05) is 25.2 Å². The third-order valence-corrected chi connectivity index (χ3v) is 4.11. The number of fused-ring (bicyclic) bond motifs is 1. The summed E-state index contributed by atoms with van der Waals surface area (Å²) in [5.41, 5.74) is 1.05. The minimum atomic E-state index is -0.905. The van der Waals surface area contributed by atoms with Gasteiger partial charge in [-0.25, -0.2) is 9.78 Å². The van der Waals surface area contributed by atoms with Crippen molar-refractivity contribution in [2.75, 3.05) is 18.5 Å². The van der Waals surface area contributed by atoms with Crippen LogP contribution >= 0.6 is 0 Å². The second kappa shape index (κ2) is 4.78. The first kappa shape index (κ1) is 12.9. The Labute approximate surface area is 118 Å². The Balaban J connectivity index is 2.00. The molecular formula is C16H18N2O2. The normalized spacial score (nSPS) is 20.9. The second-order valence-corrected chi connectivity index (χ2v) is 5.70. The van der Waals surface area contributed by atoms with Gasteiger partial charge in [0.25, 0.3) is 0 Å². The molecule has 104 valence electrons. The van der Waals surface area contributed by atoms with Gasteiger partial charge < -0.3 is 10.0 Å². The largest absolute Gasteiger partial charge is 0.478 e. The number of hydrogen-bond acceptors (Lipinski definition) is 3. The Morgan fingerprint density at radius 2 is 2.15 bits per heavy atom. The molecule has 3 rings (SSSR count). The van der Waals surface area contributed by atoms with Crippen LogP contribution in [0.1, 0.15) is 23.7 Å². The monoisotopic (exact) mass is 270 g/mol. The Hall–Kier alpha value is -2.10. The number of nitrogens with zero attached hydrogens (tertiary/aromatic N) is 2. The van der Waals surface area contributed by atoms with Gasteiger partial charge in [0.05, 0.1) is 11.1 Å². The fourth-order valence-electron chi connectivity index (χ4n) is 2.63. The SMILES string of the molecule is CC1CC1CN(C)c1cc(C(=O)O)c2ccccc2n1. The summed E-state index contributed by atoms with van der Waals surface area (Å²) in [4.78, 5) is 18.1. The molecule has 0 aliphatic heterocycles. The second-order valence-electron chi connectivity index (χ2n) is 5.70. The molecule has 1 aromatic carbocycles. The molecule has 20 heavy (non-hydrogen) atoms. The molecule has 0 bridgehead atoms. The average Bonchev–Trinajstić information content (AvgIpc) is 3.12. The number of pyridine rings is 1. The molecule has 2 unspecified atom stereocenters. The van der Waals surface area contributed by atoms with Crippen LogP contribution in [0.3, 0.4) is 0 Å². The lowest BCUT2D eigenvalue weighted by Gasteiger charge is -2.19. The van der Waals surface area contributed by atoms with E-state index in [1.54, 1.807) is 12.1 Å². The van der Waals surface area contributed by atoms with E-state index in [0.717, 1.165) is 23.8 Å². The van der Waals surface area contributed by atoms with Gasteiger partial charge in [-0.1, -0.05) is 25.1 Å². The van der Waals surface area contributed by atoms with Gasteiger partial charge in [0.2, 0.25) is 0 Å². The van der Waals surface area contributed by atoms with E-state index in [9.17, 15) is 9.90 Å². The van der Waals surface area contributed by atoms with Crippen molar-refractivity contribution < 1.29 is 9.90 Å². The number of hydrogen-bond donors (Lipinski definition) is 1. The summed E-state index contributed by atoms with van der Waals surface area (Å²) >= 11 is 0. The fraction of sp³-hybridized carbons (Fsp3) is 0.375. The first-order chi connectivity index (χ1) is 9.56. The predicted octanol–water partition coefficient (Wildman–Crippen LogP) is 3.03. The van der Waals surface area contributed by atoms with Crippen molar-refractivity contribution in [2.24, 2.45) is 11.8 Å². The molecule has 1 saturated carbocycles. The molecule has 4 heteroatoms. The van der Waals surface area contributed by atoms with Crippen molar-refractivity contribution in [1.29, 1.82) is 0 Å². The molecule has 2 atom stereocenters. The minimum Gasteiger partial charge on any atom is -0.478 e. The zero-order chi connectivity index (χ0) is 14.3. The minimum absolute atomic E-state index is 0.321. The highest BCUT2D eigenvalue weighted by Gasteiger charge is 2.33. The van der Waals surface area contributed by atoms with Crippen LogP contribution in [-0.2, 0) is 0 Å². The van der Waals surface area contributed by atoms with Crippen LogP contribution in [-0.4, -0.2) is 29.7 Å². The average molecular weight is 270 g/mol. The molecule has 1 aromatic heterocycles. The molecular weight excluding hydrogens is 252 g/mol. The number of benzene rings is 1. The van der Waals surface area contributed by atoms with Crippen molar-refractivity contribution in [2.45, 2.75) is 13.3 Å². The van der Waals surface area contributed by atoms with Gasteiger partial charge in [-0.05, 0) is 30.4 Å². The number of para-hydroxylation sites is 1. The molecule has 0 saturated heterocycles. The molecule has 2 aromatic rings. The number of rotatable bonds is 4. The van der Waals surface area contributed by atoms with Crippen LogP contribution in [0.5, 0.6) is 0 Å². The Kier molecular flexibility index (Phi) is 3.08. The predicted molar refractivity (Wildman–Crippen MR) is 79.2 cm³/mol. The summed E-state index contributed by atoms with van der Waals surface area (Å²) < 4.78 is 0. The summed E-state index contributed by atoms with van der Waals surface area (Å²) in [6, 6.07) is 9.06. The molecule has 4 nitrogen and oxygen atoms in total. The lowest BCUT2D eigenvalue weighted by Crippen LogP contribution is -2.22. The molecule has 0 amide bonds. The molecule has 1 N–H and O–H groups in total. The highest BCUT2D eigenvalue weighted by atomic mass is 16.4. The number of aromatic carboxylic acids is 1. The fourth-order valence-corrected chi connectivity index (χ4v) is 2.63. The van der Waals surface area contributed by atoms with E-state index in [-0.39, 0.29) is 0 Å². The molecule has 1 heterocycles. The van der Waals surface area contributed by atoms with Gasteiger partial charge >= 0.3 is 5.97 Å². The van der Waals surface area contributed by atoms with E-state index in [1.165, 1.54) is 6.42 Å². The van der Waals surface area contributed by atoms with Gasteiger partial charge in [-0.3, -0.25) is 0 Å². The van der Waals surface area contributed by atoms with Crippen molar-refractivity contribution in [3.8, 4) is 0 Å². The maximum Gasteiger partial charge on any atom is 0.336 e. The van der Waals surface area contributed by atoms with Gasteiger partial charge in [-0.2, -0.15) is 0 Å². The number of anilines is 1. The summed E-state index contributed by atoms with van der Waals surface area (Å²) in [5.74, 6) is 1.32. The van der Waals surface area contributed by atoms with Crippen LogP contribution in [0, 0.1) is 11.8 Å². The van der Waals surface area contributed by atoms with E-state index in [2.05, 4.69) is 16.8 Å². The van der Waals surface area contributed by atoms with Crippen molar-refractivity contribution in [3.05, 3.63) is 35.9 Å². The van der Waals surface area contributed by atoms with Gasteiger partial charge in [0, 0.05) is 19.0 Å². The van der Waals surface area contributed by atoms with Gasteiger partial charge in [0.1, 0.15) is 5.82 Å². The highest BCUT2D eigenvalue weighted by Crippen LogP contribution is 2.38. The van der Waals surface area contributed by atoms with E-state index < -0.39 is 5.97 Å². The van der Waals surface area contributed by atoms with Crippen LogP contribution in [0.4, 0.5) is 5.82 Å². The first-order valence-corrected chi connectivity index (χ1v) is 6.90. The molecule has 1 aliphatic carbocycles. The highest BCUT2D eigenvalue weighted by molar-refractivity contribution is 6.03. The zero-order valence-corrected chi connectivity index (χ0v) is 11.7. The van der Waals surface area contributed by atoms with Crippen molar-refractivity contribution in [3.63, 3.8) is 0 Å². The molecule has 0 radical (unpaired) electrons. The Morgan fingerprint density at radius 3 is 2.80 bits per heavy atom. The zero-order valence-electron chi connectivity index (χ0n) is 11.7. The summed E-state index contributed by atoms with van der Waals surface area (Å²) in [6.45, 7) is 3.18. The summed E-state index contributed by atoms with van der Waals surface area (Å²) in [7, 11) is 1.98. The van der Waals surface area contributed by atoms with Crippen LogP contribution in [0.25, 0.3) is 10.9 Å². The van der Waals surface area contributed by atoms with E-state index in [0.29, 0.717) is 16.9 Å². The van der Waals surface area contributed by atoms with E-state index >= 15 is 0 Å². The number of carboxylic acids is 1. The topological polar surface area (TPSA) is 53.4 Å². The smallest absolute Gasteiger partial charge is 0.336 e. The molecule has 1 fully saturated rings. The molecule has 1 aliphatic rings. The van der Waals surface area contributed by atoms with Crippen LogP contribution in [0.2, 0.25) is 0 Å². The standard InChI is InChI=1S/C16H18N2O2/c1-10-7-11(10)9-18(2)15-8-13(16(19)20)12-5-3-4-6-14(12)17-15/h3-6,8,10-11H,7,9H2,1-2H3,(H,19,20). The maximum absolute atomic E-state index is 11.4. The van der Waals surface area contributed by atoms with Crippen LogP contribution < -0.4 is 4.90 Å². The maximum atomic E-state index is 11.4. The number of aromatic nitrogens is 1. The van der Waals surface area contributed by atoms with Crippen molar-refractivity contribution in [1.82, 2.24) is 4.98 Å². The number of carbonyl (C=O) groups is 1. The van der Waals surface area contributed by atoms with Crippen molar-refractivity contribution >= 4 is 22.7 Å². The summed E-state index contributed by atoms with van der Waals surface area (Å²) in [5, 5.41) is 10.1. The van der Waals surface area contributed by atoms with Gasteiger partial charge in [-0.15, -0.1) is 0 Å².